The second-order valence-electron chi connectivity index (χ2n) is 6.20. The Morgan fingerprint density at radius 3 is 1.45 bits per heavy atom. The van der Waals surface area contributed by atoms with E-state index in [1.807, 2.05) is 18.2 Å². The number of rotatable bonds is 22. The predicted octanol–water partition coefficient (Wildman–Crippen LogP) is 1.22. The molecule has 0 amide bonds. The lowest BCUT2D eigenvalue weighted by Gasteiger charge is -2.09. The molecule has 0 aliphatic carbocycles. The molecule has 0 atom stereocenters. The summed E-state index contributed by atoms with van der Waals surface area (Å²) in [6.07, 6.45) is 0.00279. The van der Waals surface area contributed by atoms with Gasteiger partial charge in [-0.3, -0.25) is 4.79 Å². The van der Waals surface area contributed by atoms with Gasteiger partial charge < -0.3 is 44.0 Å². The summed E-state index contributed by atoms with van der Waals surface area (Å²) in [4.78, 5) is 10.3. The fourth-order valence-corrected chi connectivity index (χ4v) is 2.18. The van der Waals surface area contributed by atoms with Gasteiger partial charge in [0.25, 0.3) is 0 Å². The number of benzene rings is 1. The molecule has 0 aliphatic heterocycles. The first-order chi connectivity index (χ1) is 15.2. The molecule has 1 aromatic rings. The summed E-state index contributed by atoms with van der Waals surface area (Å²) >= 11 is 0. The molecular weight excluding hydrogens is 410 g/mol. The minimum Gasteiger partial charge on any atom is -0.489 e. The van der Waals surface area contributed by atoms with Crippen LogP contribution in [0.4, 0.5) is 5.69 Å². The summed E-state index contributed by atoms with van der Waals surface area (Å²) in [6.45, 7) is 5.72. The summed E-state index contributed by atoms with van der Waals surface area (Å²) in [7, 11) is 0. The quantitative estimate of drug-likeness (QED) is 0.199. The van der Waals surface area contributed by atoms with Gasteiger partial charge in [-0.15, -0.1) is 0 Å². The average molecular weight is 446 g/mol. The van der Waals surface area contributed by atoms with Gasteiger partial charge in [0.15, 0.2) is 0 Å². The number of carbonyl (C=O) groups is 1. The molecule has 0 spiro atoms. The van der Waals surface area contributed by atoms with E-state index in [2.05, 4.69) is 0 Å². The molecule has 0 fully saturated rings. The number of ether oxygens (including phenoxy) is 7. The standard InChI is InChI=1S/C21H35NO9/c22-19-3-1-2-4-20(19)31-18-17-30-16-15-29-14-13-28-12-11-27-10-9-26-8-7-25-6-5-21(23)24/h1-4H,5-18,22H2,(H,23,24). The summed E-state index contributed by atoms with van der Waals surface area (Å²) in [6, 6.07) is 7.34. The van der Waals surface area contributed by atoms with Crippen LogP contribution in [0.15, 0.2) is 24.3 Å². The number of carboxylic acid groups (broad SMARTS) is 1. The lowest BCUT2D eigenvalue weighted by molar-refractivity contribution is -0.138. The number of nitrogens with two attached hydrogens (primary N) is 1. The van der Waals surface area contributed by atoms with Crippen LogP contribution in [0.25, 0.3) is 0 Å². The van der Waals surface area contributed by atoms with Crippen molar-refractivity contribution in [1.82, 2.24) is 0 Å². The minimum absolute atomic E-state index is 0.00279. The molecule has 0 aromatic heterocycles. The molecule has 10 heteroatoms. The highest BCUT2D eigenvalue weighted by Crippen LogP contribution is 2.19. The van der Waals surface area contributed by atoms with Crippen molar-refractivity contribution in [2.75, 3.05) is 91.6 Å². The smallest absolute Gasteiger partial charge is 0.305 e. The number of aliphatic carboxylic acids is 1. The van der Waals surface area contributed by atoms with Crippen LogP contribution in [-0.4, -0.2) is 97.0 Å². The van der Waals surface area contributed by atoms with E-state index in [4.69, 9.17) is 44.0 Å². The summed E-state index contributed by atoms with van der Waals surface area (Å²) in [5.41, 5.74) is 6.40. The van der Waals surface area contributed by atoms with E-state index in [0.717, 1.165) is 0 Å². The molecule has 0 heterocycles. The van der Waals surface area contributed by atoms with Crippen molar-refractivity contribution in [2.45, 2.75) is 6.42 Å². The molecule has 0 saturated carbocycles. The Hall–Kier alpha value is -1.95. The molecular formula is C21H35NO9. The van der Waals surface area contributed by atoms with E-state index in [9.17, 15) is 4.79 Å². The first kappa shape index (κ1) is 27.1. The van der Waals surface area contributed by atoms with Gasteiger partial charge in [0.05, 0.1) is 91.4 Å². The Labute approximate surface area is 183 Å². The summed E-state index contributed by atoms with van der Waals surface area (Å²) in [5, 5.41) is 8.45. The Bertz CT molecular complexity index is 559. The second kappa shape index (κ2) is 20.0. The van der Waals surface area contributed by atoms with E-state index in [-0.39, 0.29) is 13.0 Å². The zero-order chi connectivity index (χ0) is 22.4. The van der Waals surface area contributed by atoms with Crippen molar-refractivity contribution in [3.05, 3.63) is 24.3 Å². The number of hydrogen-bond acceptors (Lipinski definition) is 9. The molecule has 0 saturated heterocycles. The third-order valence-electron chi connectivity index (χ3n) is 3.72. The normalized spacial score (nSPS) is 11.0. The van der Waals surface area contributed by atoms with Crippen molar-refractivity contribution in [1.29, 1.82) is 0 Å². The predicted molar refractivity (Wildman–Crippen MR) is 114 cm³/mol. The largest absolute Gasteiger partial charge is 0.489 e. The third-order valence-corrected chi connectivity index (χ3v) is 3.72. The van der Waals surface area contributed by atoms with E-state index in [1.165, 1.54) is 0 Å². The lowest BCUT2D eigenvalue weighted by atomic mass is 10.3. The second-order valence-corrected chi connectivity index (χ2v) is 6.20. The number of para-hydroxylation sites is 2. The molecule has 0 bridgehead atoms. The fourth-order valence-electron chi connectivity index (χ4n) is 2.18. The monoisotopic (exact) mass is 445 g/mol. The van der Waals surface area contributed by atoms with Gasteiger partial charge in [-0.1, -0.05) is 12.1 Å². The van der Waals surface area contributed by atoms with E-state index < -0.39 is 5.97 Å². The first-order valence-corrected chi connectivity index (χ1v) is 10.4. The highest BCUT2D eigenvalue weighted by atomic mass is 16.6. The van der Waals surface area contributed by atoms with Gasteiger partial charge in [-0.05, 0) is 12.1 Å². The van der Waals surface area contributed by atoms with Crippen LogP contribution in [-0.2, 0) is 33.2 Å². The Balaban J connectivity index is 1.70. The Morgan fingerprint density at radius 2 is 1.03 bits per heavy atom. The Kier molecular flexibility index (Phi) is 17.5. The third kappa shape index (κ3) is 17.4. The highest BCUT2D eigenvalue weighted by molar-refractivity contribution is 5.66. The molecule has 3 N–H and O–H groups in total. The number of anilines is 1. The zero-order valence-corrected chi connectivity index (χ0v) is 18.0. The molecule has 0 aliphatic rings. The van der Waals surface area contributed by atoms with Gasteiger partial charge in [0.2, 0.25) is 0 Å². The van der Waals surface area contributed by atoms with Crippen LogP contribution in [0.2, 0.25) is 0 Å². The molecule has 31 heavy (non-hydrogen) atoms. The fraction of sp³-hybridized carbons (Fsp3) is 0.667. The van der Waals surface area contributed by atoms with Crippen LogP contribution in [0.5, 0.6) is 5.75 Å². The first-order valence-electron chi connectivity index (χ1n) is 10.4. The van der Waals surface area contributed by atoms with Crippen LogP contribution in [0.1, 0.15) is 6.42 Å². The van der Waals surface area contributed by atoms with Crippen molar-refractivity contribution >= 4 is 11.7 Å². The SMILES string of the molecule is Nc1ccccc1OCCOCCOCCOCCOCCOCCOCCC(=O)O. The Morgan fingerprint density at radius 1 is 0.645 bits per heavy atom. The zero-order valence-electron chi connectivity index (χ0n) is 18.0. The number of hydrogen-bond donors (Lipinski definition) is 2. The van der Waals surface area contributed by atoms with Crippen LogP contribution in [0, 0.1) is 0 Å². The van der Waals surface area contributed by atoms with Crippen LogP contribution < -0.4 is 10.5 Å². The summed E-state index contributed by atoms with van der Waals surface area (Å²) < 4.78 is 37.5. The molecule has 10 nitrogen and oxygen atoms in total. The van der Waals surface area contributed by atoms with Gasteiger partial charge >= 0.3 is 5.97 Å². The maximum absolute atomic E-state index is 10.3. The van der Waals surface area contributed by atoms with Crippen molar-refractivity contribution < 1.29 is 43.1 Å². The lowest BCUT2D eigenvalue weighted by Crippen LogP contribution is -2.15. The summed E-state index contributed by atoms with van der Waals surface area (Å²) in [5.74, 6) is -0.208. The molecule has 1 rings (SSSR count). The van der Waals surface area contributed by atoms with Crippen molar-refractivity contribution in [3.63, 3.8) is 0 Å². The number of nitrogen functional groups attached to an aromatic ring is 1. The highest BCUT2D eigenvalue weighted by Gasteiger charge is 1.99. The molecule has 1 aromatic carbocycles. The maximum atomic E-state index is 10.3. The van der Waals surface area contributed by atoms with Crippen LogP contribution >= 0.6 is 0 Å². The van der Waals surface area contributed by atoms with Crippen molar-refractivity contribution in [2.24, 2.45) is 0 Å². The van der Waals surface area contributed by atoms with Gasteiger partial charge in [0.1, 0.15) is 12.4 Å². The average Bonchev–Trinajstić information content (AvgIpc) is 2.75. The van der Waals surface area contributed by atoms with E-state index >= 15 is 0 Å². The van der Waals surface area contributed by atoms with Crippen molar-refractivity contribution in [3.8, 4) is 5.75 Å². The maximum Gasteiger partial charge on any atom is 0.305 e. The minimum atomic E-state index is -0.871. The van der Waals surface area contributed by atoms with Gasteiger partial charge in [0, 0.05) is 0 Å². The number of carboxylic acids is 1. The van der Waals surface area contributed by atoms with E-state index in [0.29, 0.717) is 90.7 Å². The molecule has 178 valence electrons. The van der Waals surface area contributed by atoms with E-state index in [1.54, 1.807) is 6.07 Å². The molecule has 0 unspecified atom stereocenters. The van der Waals surface area contributed by atoms with Gasteiger partial charge in [-0.25, -0.2) is 0 Å². The van der Waals surface area contributed by atoms with Crippen LogP contribution in [0.3, 0.4) is 0 Å². The molecule has 0 radical (unpaired) electrons. The van der Waals surface area contributed by atoms with Gasteiger partial charge in [-0.2, -0.15) is 0 Å². The topological polar surface area (TPSA) is 128 Å².